The molecule has 0 fully saturated rings. The van der Waals surface area contributed by atoms with Crippen molar-refractivity contribution in [3.8, 4) is 0 Å². The van der Waals surface area contributed by atoms with Crippen LogP contribution in [-0.2, 0) is 19.1 Å². The molecule has 2 amide bonds. The summed E-state index contributed by atoms with van der Waals surface area (Å²) in [5, 5.41) is 5.47. The molecule has 0 rings (SSSR count). The van der Waals surface area contributed by atoms with Crippen molar-refractivity contribution in [2.45, 2.75) is 53.0 Å². The van der Waals surface area contributed by atoms with Crippen molar-refractivity contribution >= 4 is 11.8 Å². The van der Waals surface area contributed by atoms with Crippen LogP contribution >= 0.6 is 0 Å². The zero-order valence-corrected chi connectivity index (χ0v) is 14.4. The van der Waals surface area contributed by atoms with Crippen molar-refractivity contribution in [2.75, 3.05) is 33.0 Å². The minimum absolute atomic E-state index is 0.0973. The summed E-state index contributed by atoms with van der Waals surface area (Å²) in [4.78, 5) is 22.9. The van der Waals surface area contributed by atoms with Crippen LogP contribution in [0.25, 0.3) is 0 Å². The van der Waals surface area contributed by atoms with E-state index >= 15 is 0 Å². The van der Waals surface area contributed by atoms with E-state index in [2.05, 4.69) is 24.5 Å². The number of nitrogens with one attached hydrogen (secondary N) is 2. The standard InChI is InChI=1S/C16H32N2O4/c1-13(2)7-9-21-11-12-22-10-8-17-15(19)5-6-16(20)18-14(3)4/h13-14H,5-12H2,1-4H3,(H,17,19)(H,18,20). The Hall–Kier alpha value is -1.14. The second kappa shape index (κ2) is 13.5. The van der Waals surface area contributed by atoms with Gasteiger partial charge in [0.25, 0.3) is 0 Å². The third kappa shape index (κ3) is 15.3. The third-order valence-corrected chi connectivity index (χ3v) is 2.81. The summed E-state index contributed by atoms with van der Waals surface area (Å²) in [6.07, 6.45) is 1.48. The molecule has 0 aliphatic carbocycles. The van der Waals surface area contributed by atoms with Gasteiger partial charge in [0.05, 0.1) is 19.8 Å². The van der Waals surface area contributed by atoms with Gasteiger partial charge in [-0.05, 0) is 26.2 Å². The average Bonchev–Trinajstić information content (AvgIpc) is 2.42. The van der Waals surface area contributed by atoms with Crippen LogP contribution in [0.5, 0.6) is 0 Å². The van der Waals surface area contributed by atoms with Gasteiger partial charge in [0.2, 0.25) is 11.8 Å². The van der Waals surface area contributed by atoms with Crippen LogP contribution in [0.3, 0.4) is 0 Å². The molecule has 0 atom stereocenters. The Morgan fingerprint density at radius 3 is 2.05 bits per heavy atom. The molecule has 22 heavy (non-hydrogen) atoms. The zero-order chi connectivity index (χ0) is 16.8. The number of ether oxygens (including phenoxy) is 2. The Kier molecular flexibility index (Phi) is 12.8. The molecule has 0 spiro atoms. The second-order valence-electron chi connectivity index (χ2n) is 5.98. The van der Waals surface area contributed by atoms with Crippen molar-refractivity contribution in [3.63, 3.8) is 0 Å². The number of rotatable bonds is 13. The molecular formula is C16H32N2O4. The van der Waals surface area contributed by atoms with Crippen LogP contribution in [0.1, 0.15) is 47.0 Å². The fraction of sp³-hybridized carbons (Fsp3) is 0.875. The maximum absolute atomic E-state index is 11.5. The van der Waals surface area contributed by atoms with Crippen LogP contribution in [0.4, 0.5) is 0 Å². The predicted molar refractivity (Wildman–Crippen MR) is 86.6 cm³/mol. The molecule has 0 unspecified atom stereocenters. The van der Waals surface area contributed by atoms with Crippen LogP contribution in [0, 0.1) is 5.92 Å². The molecule has 0 aliphatic heterocycles. The molecule has 0 heterocycles. The monoisotopic (exact) mass is 316 g/mol. The van der Waals surface area contributed by atoms with Gasteiger partial charge in [0.15, 0.2) is 0 Å². The Morgan fingerprint density at radius 1 is 0.864 bits per heavy atom. The number of hydrogen-bond donors (Lipinski definition) is 2. The van der Waals surface area contributed by atoms with Gasteiger partial charge in [0, 0.05) is 32.0 Å². The zero-order valence-electron chi connectivity index (χ0n) is 14.4. The summed E-state index contributed by atoms with van der Waals surface area (Å²) >= 11 is 0. The van der Waals surface area contributed by atoms with E-state index in [0.717, 1.165) is 13.0 Å². The summed E-state index contributed by atoms with van der Waals surface area (Å²) in [6, 6.07) is 0.103. The number of hydrogen-bond acceptors (Lipinski definition) is 4. The van der Waals surface area contributed by atoms with Crippen LogP contribution in [0.2, 0.25) is 0 Å². The van der Waals surface area contributed by atoms with Crippen LogP contribution < -0.4 is 10.6 Å². The largest absolute Gasteiger partial charge is 0.379 e. The summed E-state index contributed by atoms with van der Waals surface area (Å²) < 4.78 is 10.8. The first-order valence-electron chi connectivity index (χ1n) is 8.13. The summed E-state index contributed by atoms with van der Waals surface area (Å²) in [5.74, 6) is 0.425. The Morgan fingerprint density at radius 2 is 1.45 bits per heavy atom. The van der Waals surface area contributed by atoms with E-state index in [1.807, 2.05) is 13.8 Å². The highest BCUT2D eigenvalue weighted by Gasteiger charge is 2.07. The molecular weight excluding hydrogens is 284 g/mol. The lowest BCUT2D eigenvalue weighted by Gasteiger charge is -2.09. The number of amides is 2. The summed E-state index contributed by atoms with van der Waals surface area (Å²) in [5.41, 5.74) is 0. The van der Waals surface area contributed by atoms with E-state index in [9.17, 15) is 9.59 Å². The van der Waals surface area contributed by atoms with Gasteiger partial charge < -0.3 is 20.1 Å². The van der Waals surface area contributed by atoms with Gasteiger partial charge in [-0.1, -0.05) is 13.8 Å². The highest BCUT2D eigenvalue weighted by molar-refractivity contribution is 5.83. The molecule has 6 heteroatoms. The van der Waals surface area contributed by atoms with E-state index in [-0.39, 0.29) is 30.7 Å². The summed E-state index contributed by atoms with van der Waals surface area (Å²) in [7, 11) is 0. The highest BCUT2D eigenvalue weighted by atomic mass is 16.5. The highest BCUT2D eigenvalue weighted by Crippen LogP contribution is 1.98. The van der Waals surface area contributed by atoms with Crippen LogP contribution in [-0.4, -0.2) is 50.8 Å². The van der Waals surface area contributed by atoms with E-state index in [0.29, 0.717) is 32.3 Å². The normalized spacial score (nSPS) is 11.0. The van der Waals surface area contributed by atoms with Gasteiger partial charge in [0.1, 0.15) is 0 Å². The van der Waals surface area contributed by atoms with E-state index in [1.54, 1.807) is 0 Å². The lowest BCUT2D eigenvalue weighted by Crippen LogP contribution is -2.32. The van der Waals surface area contributed by atoms with Crippen LogP contribution in [0.15, 0.2) is 0 Å². The molecule has 0 saturated heterocycles. The van der Waals surface area contributed by atoms with Gasteiger partial charge in [-0.3, -0.25) is 9.59 Å². The van der Waals surface area contributed by atoms with Crippen molar-refractivity contribution in [1.29, 1.82) is 0 Å². The molecule has 2 N–H and O–H groups in total. The molecule has 0 aromatic carbocycles. The molecule has 0 aliphatic rings. The van der Waals surface area contributed by atoms with E-state index < -0.39 is 0 Å². The SMILES string of the molecule is CC(C)CCOCCOCCNC(=O)CCC(=O)NC(C)C. The van der Waals surface area contributed by atoms with Gasteiger partial charge >= 0.3 is 0 Å². The fourth-order valence-electron chi connectivity index (χ4n) is 1.61. The Bertz CT molecular complexity index is 307. The Balaban J connectivity index is 3.33. The van der Waals surface area contributed by atoms with Gasteiger partial charge in [-0.25, -0.2) is 0 Å². The van der Waals surface area contributed by atoms with Gasteiger partial charge in [-0.2, -0.15) is 0 Å². The first-order valence-corrected chi connectivity index (χ1v) is 8.13. The first-order chi connectivity index (χ1) is 10.4. The van der Waals surface area contributed by atoms with Crippen molar-refractivity contribution in [2.24, 2.45) is 5.92 Å². The van der Waals surface area contributed by atoms with E-state index in [4.69, 9.17) is 9.47 Å². The van der Waals surface area contributed by atoms with Gasteiger partial charge in [-0.15, -0.1) is 0 Å². The lowest BCUT2D eigenvalue weighted by atomic mass is 10.1. The number of carbonyl (C=O) groups excluding carboxylic acids is 2. The minimum Gasteiger partial charge on any atom is -0.379 e. The smallest absolute Gasteiger partial charge is 0.220 e. The van der Waals surface area contributed by atoms with Crippen molar-refractivity contribution in [3.05, 3.63) is 0 Å². The average molecular weight is 316 g/mol. The predicted octanol–water partition coefficient (Wildman–Crippen LogP) is 1.49. The molecule has 0 saturated carbocycles. The third-order valence-electron chi connectivity index (χ3n) is 2.81. The quantitative estimate of drug-likeness (QED) is 0.505. The molecule has 6 nitrogen and oxygen atoms in total. The lowest BCUT2D eigenvalue weighted by molar-refractivity contribution is -0.126. The molecule has 0 aromatic heterocycles. The topological polar surface area (TPSA) is 76.7 Å². The minimum atomic E-state index is -0.129. The first kappa shape index (κ1) is 20.9. The van der Waals surface area contributed by atoms with E-state index in [1.165, 1.54) is 0 Å². The molecule has 130 valence electrons. The Labute approximate surface area is 134 Å². The maximum atomic E-state index is 11.5. The molecule has 0 aromatic rings. The van der Waals surface area contributed by atoms with Crippen molar-refractivity contribution < 1.29 is 19.1 Å². The fourth-order valence-corrected chi connectivity index (χ4v) is 1.61. The summed E-state index contributed by atoms with van der Waals surface area (Å²) in [6.45, 7) is 10.9. The number of carbonyl (C=O) groups is 2. The maximum Gasteiger partial charge on any atom is 0.220 e. The molecule has 0 radical (unpaired) electrons. The molecule has 0 bridgehead atoms. The second-order valence-corrected chi connectivity index (χ2v) is 5.98. The van der Waals surface area contributed by atoms with Crippen molar-refractivity contribution in [1.82, 2.24) is 10.6 Å².